The van der Waals surface area contributed by atoms with Crippen LogP contribution in [0.25, 0.3) is 0 Å². The Morgan fingerprint density at radius 2 is 1.81 bits per heavy atom. The molecule has 1 aliphatic carbocycles. The lowest BCUT2D eigenvalue weighted by Gasteiger charge is -2.32. The summed E-state index contributed by atoms with van der Waals surface area (Å²) in [6, 6.07) is 8.95. The molecule has 2 nitrogen and oxygen atoms in total. The maximum atomic E-state index is 3.53. The second-order valence-corrected chi connectivity index (χ2v) is 8.11. The third-order valence-electron chi connectivity index (χ3n) is 4.99. The zero-order valence-electron chi connectivity index (χ0n) is 13.0. The van der Waals surface area contributed by atoms with E-state index >= 15 is 0 Å². The van der Waals surface area contributed by atoms with Crippen LogP contribution in [0.5, 0.6) is 0 Å². The van der Waals surface area contributed by atoms with Crippen LogP contribution in [0.2, 0.25) is 0 Å². The van der Waals surface area contributed by atoms with E-state index in [1.54, 1.807) is 0 Å². The number of hydrogen-bond donors (Lipinski definition) is 1. The normalized spacial score (nSPS) is 26.7. The minimum absolute atomic E-state index is 0. The van der Waals surface area contributed by atoms with Crippen molar-refractivity contribution >= 4 is 28.3 Å². The summed E-state index contributed by atoms with van der Waals surface area (Å²) < 4.78 is 1.18. The predicted octanol–water partition coefficient (Wildman–Crippen LogP) is 3.83. The Bertz CT molecular complexity index is 464. The van der Waals surface area contributed by atoms with Crippen molar-refractivity contribution < 1.29 is 0 Å². The largest absolute Gasteiger partial charge is 0.316 e. The van der Waals surface area contributed by atoms with E-state index in [4.69, 9.17) is 0 Å². The Morgan fingerprint density at radius 3 is 2.33 bits per heavy atom. The molecule has 1 atom stereocenters. The van der Waals surface area contributed by atoms with E-state index in [-0.39, 0.29) is 12.4 Å². The number of nitrogens with one attached hydrogen (secondary N) is 1. The molecular formula is C17H26BrClN2. The van der Waals surface area contributed by atoms with Crippen molar-refractivity contribution in [2.24, 2.45) is 5.41 Å². The average molecular weight is 374 g/mol. The standard InChI is InChI=1S/C17H25BrN2.ClH/c1-16(9-10-19-11-16)12-20(2)13-17(7-8-17)14-3-5-15(18)6-4-14;/h3-6,19H,7-13H2,1-2H3;1H. The molecule has 1 aromatic carbocycles. The molecule has 1 unspecified atom stereocenters. The van der Waals surface area contributed by atoms with Gasteiger partial charge in [-0.25, -0.2) is 0 Å². The van der Waals surface area contributed by atoms with Crippen molar-refractivity contribution in [3.8, 4) is 0 Å². The minimum Gasteiger partial charge on any atom is -0.316 e. The lowest BCUT2D eigenvalue weighted by molar-refractivity contribution is 0.196. The summed E-state index contributed by atoms with van der Waals surface area (Å²) in [6.45, 7) is 7.18. The number of halogens is 2. The number of hydrogen-bond acceptors (Lipinski definition) is 2. The molecule has 2 fully saturated rings. The topological polar surface area (TPSA) is 15.3 Å². The van der Waals surface area contributed by atoms with Gasteiger partial charge in [-0.2, -0.15) is 0 Å². The van der Waals surface area contributed by atoms with Crippen LogP contribution in [0, 0.1) is 5.41 Å². The van der Waals surface area contributed by atoms with Crippen molar-refractivity contribution in [1.82, 2.24) is 10.2 Å². The van der Waals surface area contributed by atoms with Gasteiger partial charge in [0.1, 0.15) is 0 Å². The van der Waals surface area contributed by atoms with E-state index in [1.165, 1.54) is 55.5 Å². The summed E-state index contributed by atoms with van der Waals surface area (Å²) in [7, 11) is 2.29. The molecule has 0 amide bonds. The highest BCUT2D eigenvalue weighted by atomic mass is 79.9. The first kappa shape index (κ1) is 17.3. The van der Waals surface area contributed by atoms with Gasteiger partial charge in [0.2, 0.25) is 0 Å². The monoisotopic (exact) mass is 372 g/mol. The highest BCUT2D eigenvalue weighted by Crippen LogP contribution is 2.49. The Morgan fingerprint density at radius 1 is 1.14 bits per heavy atom. The molecule has 1 heterocycles. The number of benzene rings is 1. The van der Waals surface area contributed by atoms with E-state index in [1.807, 2.05) is 0 Å². The Hall–Kier alpha value is -0.0900. The van der Waals surface area contributed by atoms with Gasteiger partial charge < -0.3 is 10.2 Å². The van der Waals surface area contributed by atoms with Gasteiger partial charge in [-0.1, -0.05) is 35.0 Å². The molecule has 1 saturated heterocycles. The molecular weight excluding hydrogens is 348 g/mol. The average Bonchev–Trinajstić information content (AvgIpc) is 3.04. The molecule has 3 rings (SSSR count). The van der Waals surface area contributed by atoms with Crippen LogP contribution in [0.3, 0.4) is 0 Å². The van der Waals surface area contributed by atoms with E-state index in [2.05, 4.69) is 64.4 Å². The first-order chi connectivity index (χ1) is 9.51. The summed E-state index contributed by atoms with van der Waals surface area (Å²) in [6.07, 6.45) is 3.99. The maximum Gasteiger partial charge on any atom is 0.0175 e. The van der Waals surface area contributed by atoms with E-state index in [0.717, 1.165) is 0 Å². The van der Waals surface area contributed by atoms with Crippen LogP contribution in [0.1, 0.15) is 31.7 Å². The fourth-order valence-electron chi connectivity index (χ4n) is 3.72. The highest BCUT2D eigenvalue weighted by Gasteiger charge is 2.45. The van der Waals surface area contributed by atoms with Gasteiger partial charge in [-0.05, 0) is 56.0 Å². The van der Waals surface area contributed by atoms with Crippen LogP contribution >= 0.6 is 28.3 Å². The fourth-order valence-corrected chi connectivity index (χ4v) is 3.98. The van der Waals surface area contributed by atoms with Crippen molar-refractivity contribution in [1.29, 1.82) is 0 Å². The Balaban J connectivity index is 0.00000161. The van der Waals surface area contributed by atoms with Crippen molar-refractivity contribution in [3.05, 3.63) is 34.3 Å². The summed E-state index contributed by atoms with van der Waals surface area (Å²) in [5.41, 5.74) is 2.41. The van der Waals surface area contributed by atoms with Crippen LogP contribution in [-0.4, -0.2) is 38.1 Å². The van der Waals surface area contributed by atoms with Crippen LogP contribution < -0.4 is 5.32 Å². The van der Waals surface area contributed by atoms with E-state index in [0.29, 0.717) is 10.8 Å². The minimum atomic E-state index is 0. The van der Waals surface area contributed by atoms with Gasteiger partial charge in [0.05, 0.1) is 0 Å². The zero-order valence-corrected chi connectivity index (χ0v) is 15.4. The van der Waals surface area contributed by atoms with Crippen molar-refractivity contribution in [2.45, 2.75) is 31.6 Å². The van der Waals surface area contributed by atoms with Gasteiger partial charge in [-0.15, -0.1) is 12.4 Å². The molecule has 1 aliphatic heterocycles. The number of rotatable bonds is 5. The molecule has 0 aromatic heterocycles. The Kier molecular flexibility index (Phi) is 5.40. The van der Waals surface area contributed by atoms with E-state index < -0.39 is 0 Å². The maximum absolute atomic E-state index is 3.53. The van der Waals surface area contributed by atoms with Gasteiger partial charge in [0.25, 0.3) is 0 Å². The first-order valence-corrected chi connectivity index (χ1v) is 8.46. The molecule has 0 spiro atoms. The molecule has 21 heavy (non-hydrogen) atoms. The van der Waals surface area contributed by atoms with Gasteiger partial charge >= 0.3 is 0 Å². The molecule has 0 bridgehead atoms. The summed E-state index contributed by atoms with van der Waals surface area (Å²) in [5.74, 6) is 0. The molecule has 1 N–H and O–H groups in total. The van der Waals surface area contributed by atoms with Crippen LogP contribution in [-0.2, 0) is 5.41 Å². The molecule has 2 aliphatic rings. The van der Waals surface area contributed by atoms with Crippen LogP contribution in [0.4, 0.5) is 0 Å². The quantitative estimate of drug-likeness (QED) is 0.843. The smallest absolute Gasteiger partial charge is 0.0175 e. The zero-order chi connectivity index (χ0) is 14.2. The van der Waals surface area contributed by atoms with Gasteiger partial charge in [0.15, 0.2) is 0 Å². The van der Waals surface area contributed by atoms with E-state index in [9.17, 15) is 0 Å². The first-order valence-electron chi connectivity index (χ1n) is 7.67. The van der Waals surface area contributed by atoms with Gasteiger partial charge in [0, 0.05) is 29.5 Å². The second-order valence-electron chi connectivity index (χ2n) is 7.20. The fraction of sp³-hybridized carbons (Fsp3) is 0.647. The number of nitrogens with zero attached hydrogens (tertiary/aromatic N) is 1. The van der Waals surface area contributed by atoms with Crippen molar-refractivity contribution in [3.63, 3.8) is 0 Å². The summed E-state index contributed by atoms with van der Waals surface area (Å²) in [5, 5.41) is 3.50. The lowest BCUT2D eigenvalue weighted by Crippen LogP contribution is -2.39. The predicted molar refractivity (Wildman–Crippen MR) is 95.4 cm³/mol. The molecule has 1 aromatic rings. The van der Waals surface area contributed by atoms with Crippen LogP contribution in [0.15, 0.2) is 28.7 Å². The summed E-state index contributed by atoms with van der Waals surface area (Å²) >= 11 is 3.53. The molecule has 118 valence electrons. The third-order valence-corrected chi connectivity index (χ3v) is 5.52. The van der Waals surface area contributed by atoms with Gasteiger partial charge in [-0.3, -0.25) is 0 Å². The third kappa shape index (κ3) is 4.01. The molecule has 0 radical (unpaired) electrons. The summed E-state index contributed by atoms with van der Waals surface area (Å²) in [4.78, 5) is 2.56. The van der Waals surface area contributed by atoms with Crippen molar-refractivity contribution in [2.75, 3.05) is 33.2 Å². The lowest BCUT2D eigenvalue weighted by atomic mass is 9.88. The second kappa shape index (κ2) is 6.57. The molecule has 1 saturated carbocycles. The molecule has 4 heteroatoms. The highest BCUT2D eigenvalue weighted by molar-refractivity contribution is 9.10. The number of likely N-dealkylation sites (N-methyl/N-ethyl adjacent to an activating group) is 1. The SMILES string of the molecule is CN(CC1(C)CCNC1)CC1(c2ccc(Br)cc2)CC1.Cl. The Labute approximate surface area is 143 Å².